The van der Waals surface area contributed by atoms with Gasteiger partial charge in [-0.05, 0) is 114 Å². The summed E-state index contributed by atoms with van der Waals surface area (Å²) >= 11 is 0.803. The molecule has 1 aliphatic carbocycles. The SMILES string of the molecule is CC1(C)C(/C=C/C2=CC(=C/C=C3/N(CCCS(=O)(=O)O)c4ccc5cc(SOO[O-])ccc5c4C3(C)C)/CC2)=[N+](CCCS(=O)(=O)[O-])c2ccc3cc(S(=O)(=O)[O-])ccc3c21.[K+].[K+].[K+]. The van der Waals surface area contributed by atoms with E-state index in [2.05, 4.69) is 46.3 Å². The van der Waals surface area contributed by atoms with E-state index in [1.165, 1.54) is 12.1 Å². The van der Waals surface area contributed by atoms with Gasteiger partial charge in [-0.2, -0.15) is 17.3 Å². The van der Waals surface area contributed by atoms with E-state index in [9.17, 15) is 44.2 Å². The molecule has 0 aromatic heterocycles. The minimum absolute atomic E-state index is 0. The second-order valence-electron chi connectivity index (χ2n) is 16.4. The summed E-state index contributed by atoms with van der Waals surface area (Å²) in [6.07, 6.45) is 12.0. The third kappa shape index (κ3) is 13.0. The van der Waals surface area contributed by atoms with Gasteiger partial charge in [-0.1, -0.05) is 50.3 Å². The Balaban J connectivity index is 0.00000299. The van der Waals surface area contributed by atoms with Crippen LogP contribution in [0.5, 0.6) is 0 Å². The second kappa shape index (κ2) is 22.8. The number of benzene rings is 4. The predicted molar refractivity (Wildman–Crippen MR) is 230 cm³/mol. The van der Waals surface area contributed by atoms with Crippen LogP contribution in [0.25, 0.3) is 21.5 Å². The van der Waals surface area contributed by atoms with E-state index < -0.39 is 46.9 Å². The van der Waals surface area contributed by atoms with Gasteiger partial charge in [0, 0.05) is 58.1 Å². The molecule has 0 atom stereocenters. The molecule has 1 N–H and O–H groups in total. The first kappa shape index (κ1) is 57.3. The maximum absolute atomic E-state index is 11.8. The van der Waals surface area contributed by atoms with Crippen LogP contribution in [0.15, 0.2) is 118 Å². The molecule has 0 saturated carbocycles. The summed E-state index contributed by atoms with van der Waals surface area (Å²) in [6.45, 7) is 8.85. The summed E-state index contributed by atoms with van der Waals surface area (Å²) in [4.78, 5) is 2.44. The molecule has 21 heteroatoms. The molecule has 0 amide bonds. The molecular weight excluding hydrogens is 982 g/mol. The minimum atomic E-state index is -4.68. The predicted octanol–water partition coefficient (Wildman–Crippen LogP) is -2.39. The molecule has 14 nitrogen and oxygen atoms in total. The van der Waals surface area contributed by atoms with Crippen molar-refractivity contribution < 1.29 is 212 Å². The van der Waals surface area contributed by atoms with Crippen molar-refractivity contribution >= 4 is 81.0 Å². The second-order valence-corrected chi connectivity index (χ2v) is 21.6. The van der Waals surface area contributed by atoms with Crippen LogP contribution >= 0.6 is 12.0 Å². The molecule has 64 heavy (non-hydrogen) atoms. The van der Waals surface area contributed by atoms with E-state index in [0.717, 1.165) is 86.1 Å². The number of allylic oxidation sites excluding steroid dienone is 8. The summed E-state index contributed by atoms with van der Waals surface area (Å²) in [5, 5.41) is 17.1. The van der Waals surface area contributed by atoms with Gasteiger partial charge in [-0.15, -0.1) is 0 Å². The summed E-state index contributed by atoms with van der Waals surface area (Å²) in [6, 6.07) is 17.4. The van der Waals surface area contributed by atoms with Crippen molar-refractivity contribution in [2.45, 2.75) is 74.0 Å². The molecule has 4 aromatic rings. The Morgan fingerprint density at radius 1 is 0.797 bits per heavy atom. The number of nitrogens with zero attached hydrogens (tertiary/aromatic N) is 2. The number of anilines is 1. The van der Waals surface area contributed by atoms with Crippen molar-refractivity contribution in [1.82, 2.24) is 0 Å². The molecule has 0 bridgehead atoms. The van der Waals surface area contributed by atoms with Crippen LogP contribution in [0, 0.1) is 0 Å². The van der Waals surface area contributed by atoms with Gasteiger partial charge in [-0.25, -0.2) is 16.8 Å². The topological polar surface area (TPSA) is 217 Å². The van der Waals surface area contributed by atoms with Crippen LogP contribution in [0.3, 0.4) is 0 Å². The van der Waals surface area contributed by atoms with Gasteiger partial charge in [0.25, 0.3) is 10.1 Å². The van der Waals surface area contributed by atoms with Gasteiger partial charge in [0.2, 0.25) is 5.69 Å². The van der Waals surface area contributed by atoms with Crippen molar-refractivity contribution in [3.05, 3.63) is 119 Å². The van der Waals surface area contributed by atoms with Gasteiger partial charge in [-0.3, -0.25) is 9.59 Å². The molecule has 0 unspecified atom stereocenters. The van der Waals surface area contributed by atoms with Crippen molar-refractivity contribution in [2.75, 3.05) is 29.5 Å². The van der Waals surface area contributed by atoms with Crippen LogP contribution in [-0.2, 0) is 50.6 Å². The van der Waals surface area contributed by atoms with E-state index in [1.807, 2.05) is 67.0 Å². The zero-order valence-electron chi connectivity index (χ0n) is 36.8. The average molecular weight is 1030 g/mol. The first-order valence-corrected chi connectivity index (χ1v) is 24.8. The van der Waals surface area contributed by atoms with E-state index >= 15 is 0 Å². The Labute approximate surface area is 506 Å². The first-order chi connectivity index (χ1) is 28.6. The van der Waals surface area contributed by atoms with Gasteiger partial charge in [0.1, 0.15) is 16.7 Å². The van der Waals surface area contributed by atoms with Crippen LogP contribution in [0.4, 0.5) is 11.4 Å². The van der Waals surface area contributed by atoms with Crippen LogP contribution in [0.1, 0.15) is 64.5 Å². The monoisotopic (exact) mass is 1030 g/mol. The largest absolute Gasteiger partial charge is 1.00 e. The summed E-state index contributed by atoms with van der Waals surface area (Å²) in [5.41, 5.74) is 6.38. The Morgan fingerprint density at radius 3 is 2.14 bits per heavy atom. The molecule has 0 fully saturated rings. The summed E-state index contributed by atoms with van der Waals surface area (Å²) in [5.74, 6) is -0.921. The van der Waals surface area contributed by atoms with E-state index in [4.69, 9.17) is 0 Å². The number of rotatable bonds is 15. The van der Waals surface area contributed by atoms with Crippen molar-refractivity contribution in [3.8, 4) is 0 Å². The first-order valence-electron chi connectivity index (χ1n) is 19.4. The van der Waals surface area contributed by atoms with Crippen molar-refractivity contribution in [2.24, 2.45) is 0 Å². The quantitative estimate of drug-likeness (QED) is 0.0329. The maximum atomic E-state index is 11.8. The fourth-order valence-electron chi connectivity index (χ4n) is 9.00. The van der Waals surface area contributed by atoms with Gasteiger partial charge in [0.05, 0.1) is 38.2 Å². The van der Waals surface area contributed by atoms with Gasteiger partial charge < -0.3 is 19.3 Å². The Bertz CT molecular complexity index is 2970. The molecule has 3 aliphatic rings. The third-order valence-corrected chi connectivity index (χ3v) is 14.6. The smallest absolute Gasteiger partial charge is 0.748 e. The minimum Gasteiger partial charge on any atom is -0.748 e. The third-order valence-electron chi connectivity index (χ3n) is 11.6. The van der Waals surface area contributed by atoms with E-state index in [1.54, 1.807) is 12.1 Å². The van der Waals surface area contributed by atoms with Gasteiger partial charge >= 0.3 is 154 Å². The van der Waals surface area contributed by atoms with E-state index in [0.29, 0.717) is 16.8 Å². The maximum Gasteiger partial charge on any atom is 1.00 e. The van der Waals surface area contributed by atoms with Crippen LogP contribution < -0.4 is 164 Å². The molecule has 4 aromatic carbocycles. The number of hydrogen-bond acceptors (Lipinski definition) is 13. The average Bonchev–Trinajstić information content (AvgIpc) is 3.78. The molecule has 0 radical (unpaired) electrons. The zero-order valence-corrected chi connectivity index (χ0v) is 49.4. The molecule has 2 heterocycles. The Hall–Kier alpha value is 0.699. The van der Waals surface area contributed by atoms with E-state index in [-0.39, 0.29) is 184 Å². The van der Waals surface area contributed by atoms with Crippen molar-refractivity contribution in [3.63, 3.8) is 0 Å². The summed E-state index contributed by atoms with van der Waals surface area (Å²) < 4.78 is 110. The summed E-state index contributed by atoms with van der Waals surface area (Å²) in [7, 11) is -13.3. The molecule has 0 spiro atoms. The van der Waals surface area contributed by atoms with Crippen LogP contribution in [0.2, 0.25) is 0 Å². The molecule has 7 rings (SSSR count). The number of hydrogen-bond donors (Lipinski definition) is 1. The fourth-order valence-corrected chi connectivity index (χ4v) is 10.9. The standard InChI is InChI=1S/C43H46N2O12S4.3K/c1-42(2)38(44(21-5-23-59(47,48)49)36-17-11-30-26-32(58-57-56-46)13-15-34(30)40(36)42)19-9-28-7-8-29(25-28)10-20-39-43(3,4)41-35-16-14-33(61(53,54)55)27-31(35)12-18-37(41)45(39)22-6-24-60(50,51)52;;;/h9-20,25-27H,5-8,21-24H2,1-4H3,(H3-,46,47,48,49,50,51,52,53,54,55);;;/q;3*+1/p-2. The molecular formula is C43H44K3N2O12S4+. The van der Waals surface area contributed by atoms with Crippen molar-refractivity contribution in [1.29, 1.82) is 0 Å². The Morgan fingerprint density at radius 2 is 1.47 bits per heavy atom. The number of fused-ring (bicyclic) bond motifs is 6. The fraction of sp³-hybridized carbons (Fsp3) is 0.326. The molecule has 0 saturated heterocycles. The molecule has 324 valence electrons. The molecule has 2 aliphatic heterocycles. The van der Waals surface area contributed by atoms with Gasteiger partial charge in [0.15, 0.2) is 5.71 Å². The normalized spacial score (nSPS) is 18.1. The Kier molecular flexibility index (Phi) is 20.4. The zero-order chi connectivity index (χ0) is 44.1. The van der Waals surface area contributed by atoms with Crippen LogP contribution in [-0.4, -0.2) is 73.8 Å².